The van der Waals surface area contributed by atoms with Gasteiger partial charge in [-0.15, -0.1) is 5.10 Å². The highest BCUT2D eigenvalue weighted by atomic mass is 16.5. The second-order valence-corrected chi connectivity index (χ2v) is 8.38. The molecule has 0 spiro atoms. The van der Waals surface area contributed by atoms with Gasteiger partial charge in [-0.2, -0.15) is 0 Å². The molecule has 2 aliphatic rings. The van der Waals surface area contributed by atoms with E-state index in [2.05, 4.69) is 10.1 Å². The molecule has 10 heteroatoms. The van der Waals surface area contributed by atoms with Gasteiger partial charge in [0.15, 0.2) is 0 Å². The average molecular weight is 432 g/mol. The summed E-state index contributed by atoms with van der Waals surface area (Å²) in [4.78, 5) is 6.66. The standard InChI is InChI=1S/C21H37N9O/c1-15-19(31-16-8-4-3-5-9-16)11-10-17(26-15)20(22)18(28(2)24)14-30(25)27-21(23)29-12-6-7-13-29/h10-11,16H,3-9,12-14,22,24-25H2,1-2H3,(H2,23,27)/b20-18-. The van der Waals surface area contributed by atoms with Gasteiger partial charge >= 0.3 is 0 Å². The Morgan fingerprint density at radius 3 is 2.42 bits per heavy atom. The Labute approximate surface area is 184 Å². The maximum atomic E-state index is 6.43. The number of likely N-dealkylation sites (tertiary alicyclic amines) is 1. The summed E-state index contributed by atoms with van der Waals surface area (Å²) in [5.41, 5.74) is 14.9. The van der Waals surface area contributed by atoms with Crippen LogP contribution >= 0.6 is 0 Å². The molecule has 172 valence electrons. The van der Waals surface area contributed by atoms with Crippen molar-refractivity contribution < 1.29 is 4.74 Å². The first-order valence-electron chi connectivity index (χ1n) is 11.1. The molecule has 1 aliphatic heterocycles. The number of hydrogen-bond donors (Lipinski definition) is 4. The van der Waals surface area contributed by atoms with Gasteiger partial charge in [0.05, 0.1) is 35.4 Å². The summed E-state index contributed by atoms with van der Waals surface area (Å²) in [7, 11) is 1.71. The van der Waals surface area contributed by atoms with Crippen LogP contribution in [0.15, 0.2) is 22.9 Å². The number of aryl methyl sites for hydroxylation is 1. The number of aromatic nitrogens is 1. The average Bonchev–Trinajstić information content (AvgIpc) is 3.29. The first-order valence-corrected chi connectivity index (χ1v) is 11.1. The SMILES string of the molecule is Cc1nc(/C(N)=C(\CN(N)/N=C(\N)N2CCCC2)N(C)N)ccc1OC1CCCCC1. The largest absolute Gasteiger partial charge is 0.489 e. The van der Waals surface area contributed by atoms with Crippen molar-refractivity contribution in [2.75, 3.05) is 26.7 Å². The molecule has 31 heavy (non-hydrogen) atoms. The van der Waals surface area contributed by atoms with Crippen molar-refractivity contribution in [3.8, 4) is 5.75 Å². The van der Waals surface area contributed by atoms with Crippen molar-refractivity contribution in [1.29, 1.82) is 0 Å². The van der Waals surface area contributed by atoms with Gasteiger partial charge in [-0.3, -0.25) is 0 Å². The van der Waals surface area contributed by atoms with Crippen molar-refractivity contribution in [2.45, 2.75) is 58.0 Å². The zero-order chi connectivity index (χ0) is 22.4. The maximum absolute atomic E-state index is 6.43. The van der Waals surface area contributed by atoms with Crippen molar-refractivity contribution in [3.63, 3.8) is 0 Å². The van der Waals surface area contributed by atoms with Gasteiger partial charge in [-0.1, -0.05) is 6.42 Å². The smallest absolute Gasteiger partial charge is 0.215 e. The monoisotopic (exact) mass is 431 g/mol. The molecule has 10 nitrogen and oxygen atoms in total. The summed E-state index contributed by atoms with van der Waals surface area (Å²) in [6, 6.07) is 3.78. The molecular weight excluding hydrogens is 394 g/mol. The van der Waals surface area contributed by atoms with Crippen molar-refractivity contribution in [1.82, 2.24) is 20.0 Å². The molecule has 3 rings (SSSR count). The summed E-state index contributed by atoms with van der Waals surface area (Å²) in [6.45, 7) is 3.90. The first-order chi connectivity index (χ1) is 14.8. The third kappa shape index (κ3) is 6.14. The highest BCUT2D eigenvalue weighted by Crippen LogP contribution is 2.26. The summed E-state index contributed by atoms with van der Waals surface area (Å²) in [6.07, 6.45) is 8.40. The zero-order valence-corrected chi connectivity index (χ0v) is 18.8. The summed E-state index contributed by atoms with van der Waals surface area (Å²) in [5, 5.41) is 6.96. The molecule has 1 aromatic heterocycles. The van der Waals surface area contributed by atoms with E-state index in [0.717, 1.165) is 50.2 Å². The van der Waals surface area contributed by atoms with E-state index in [9.17, 15) is 0 Å². The fourth-order valence-corrected chi connectivity index (χ4v) is 4.05. The molecule has 1 aromatic rings. The van der Waals surface area contributed by atoms with Gasteiger partial charge in [0.25, 0.3) is 0 Å². The van der Waals surface area contributed by atoms with Crippen LogP contribution in [0.3, 0.4) is 0 Å². The summed E-state index contributed by atoms with van der Waals surface area (Å²) in [5.74, 6) is 13.3. The van der Waals surface area contributed by atoms with Gasteiger partial charge in [0, 0.05) is 20.1 Å². The highest BCUT2D eigenvalue weighted by Gasteiger charge is 2.19. The maximum Gasteiger partial charge on any atom is 0.215 e. The lowest BCUT2D eigenvalue weighted by Crippen LogP contribution is -2.42. The minimum atomic E-state index is 0.189. The number of pyridine rings is 1. The number of likely N-dealkylation sites (N-methyl/N-ethyl adjacent to an activating group) is 1. The minimum absolute atomic E-state index is 0.189. The van der Waals surface area contributed by atoms with E-state index in [1.165, 1.54) is 29.4 Å². The van der Waals surface area contributed by atoms with E-state index in [1.54, 1.807) is 7.05 Å². The lowest BCUT2D eigenvalue weighted by atomic mass is 9.98. The van der Waals surface area contributed by atoms with Crippen LogP contribution in [0.5, 0.6) is 5.75 Å². The molecule has 0 aromatic carbocycles. The number of hydrogen-bond acceptors (Lipinski definition) is 8. The topological polar surface area (TPSA) is 148 Å². The fourth-order valence-electron chi connectivity index (χ4n) is 4.05. The van der Waals surface area contributed by atoms with Crippen LogP contribution in [0.1, 0.15) is 56.3 Å². The van der Waals surface area contributed by atoms with Gasteiger partial charge in [0.2, 0.25) is 5.96 Å². The molecule has 0 radical (unpaired) electrons. The normalized spacial score (nSPS) is 18.7. The molecule has 0 atom stereocenters. The number of ether oxygens (including phenoxy) is 1. The molecule has 2 heterocycles. The number of nitrogens with zero attached hydrogens (tertiary/aromatic N) is 5. The predicted octanol–water partition coefficient (Wildman–Crippen LogP) is 1.04. The van der Waals surface area contributed by atoms with E-state index < -0.39 is 0 Å². The molecule has 1 saturated heterocycles. The van der Waals surface area contributed by atoms with E-state index in [1.807, 2.05) is 24.0 Å². The molecule has 0 bridgehead atoms. The van der Waals surface area contributed by atoms with Gasteiger partial charge < -0.3 is 26.1 Å². The van der Waals surface area contributed by atoms with Crippen LogP contribution in [0.25, 0.3) is 5.70 Å². The van der Waals surface area contributed by atoms with Crippen LogP contribution in [-0.4, -0.2) is 58.8 Å². The predicted molar refractivity (Wildman–Crippen MR) is 123 cm³/mol. The molecule has 2 fully saturated rings. The Kier molecular flexibility index (Phi) is 7.80. The van der Waals surface area contributed by atoms with E-state index in [4.69, 9.17) is 27.9 Å². The molecule has 1 saturated carbocycles. The third-order valence-electron chi connectivity index (χ3n) is 5.87. The highest BCUT2D eigenvalue weighted by molar-refractivity contribution is 5.78. The van der Waals surface area contributed by atoms with Crippen LogP contribution in [0.4, 0.5) is 0 Å². The zero-order valence-electron chi connectivity index (χ0n) is 18.8. The quantitative estimate of drug-likeness (QED) is 0.215. The lowest BCUT2D eigenvalue weighted by Gasteiger charge is -2.25. The summed E-state index contributed by atoms with van der Waals surface area (Å²) >= 11 is 0. The number of rotatable bonds is 7. The van der Waals surface area contributed by atoms with Crippen molar-refractivity contribution in [3.05, 3.63) is 29.2 Å². The van der Waals surface area contributed by atoms with E-state index >= 15 is 0 Å². The Morgan fingerprint density at radius 1 is 1.13 bits per heavy atom. The first kappa shape index (κ1) is 23.0. The Bertz CT molecular complexity index is 796. The molecular formula is C21H37N9O. The molecule has 0 unspecified atom stereocenters. The fraction of sp³-hybridized carbons (Fsp3) is 0.619. The van der Waals surface area contributed by atoms with Crippen LogP contribution < -0.4 is 27.9 Å². The van der Waals surface area contributed by atoms with Crippen LogP contribution in [0, 0.1) is 6.92 Å². The van der Waals surface area contributed by atoms with Gasteiger partial charge in [0.1, 0.15) is 5.75 Å². The Morgan fingerprint density at radius 2 is 1.81 bits per heavy atom. The molecule has 0 amide bonds. The molecule has 1 aliphatic carbocycles. The van der Waals surface area contributed by atoms with Crippen molar-refractivity contribution >= 4 is 11.7 Å². The number of hydrazine groups is 2. The van der Waals surface area contributed by atoms with Crippen LogP contribution in [-0.2, 0) is 0 Å². The van der Waals surface area contributed by atoms with E-state index in [-0.39, 0.29) is 12.6 Å². The molecule has 8 N–H and O–H groups in total. The Hall–Kier alpha value is -2.72. The number of guanidine groups is 1. The third-order valence-corrected chi connectivity index (χ3v) is 5.87. The number of nitrogens with two attached hydrogens (primary N) is 4. The second-order valence-electron chi connectivity index (χ2n) is 8.38. The summed E-state index contributed by atoms with van der Waals surface area (Å²) < 4.78 is 6.17. The van der Waals surface area contributed by atoms with Gasteiger partial charge in [-0.25, -0.2) is 21.8 Å². The second kappa shape index (κ2) is 10.5. The van der Waals surface area contributed by atoms with Crippen molar-refractivity contribution in [2.24, 2.45) is 28.3 Å². The van der Waals surface area contributed by atoms with Crippen LogP contribution in [0.2, 0.25) is 0 Å². The minimum Gasteiger partial charge on any atom is -0.489 e. The lowest BCUT2D eigenvalue weighted by molar-refractivity contribution is 0.153. The van der Waals surface area contributed by atoms with E-state index in [0.29, 0.717) is 23.0 Å². The van der Waals surface area contributed by atoms with Gasteiger partial charge in [-0.05, 0) is 57.6 Å². The number of hydrazone groups is 1. The Balaban J connectivity index is 1.73.